The Morgan fingerprint density at radius 2 is 1.95 bits per heavy atom. The molecule has 1 heterocycles. The molecule has 1 saturated heterocycles. The minimum atomic E-state index is -4.32. The number of likely N-dealkylation sites (tertiary alicyclic amines) is 1. The van der Waals surface area contributed by atoms with Crippen molar-refractivity contribution in [3.63, 3.8) is 0 Å². The van der Waals surface area contributed by atoms with Crippen molar-refractivity contribution < 1.29 is 17.9 Å². The van der Waals surface area contributed by atoms with Crippen LogP contribution in [0.2, 0.25) is 0 Å². The van der Waals surface area contributed by atoms with E-state index in [-0.39, 0.29) is 6.10 Å². The summed E-state index contributed by atoms with van der Waals surface area (Å²) in [5.41, 5.74) is -0.663. The molecule has 1 radical (unpaired) electrons. The first kappa shape index (κ1) is 15.2. The Labute approximate surface area is 117 Å². The second-order valence-corrected chi connectivity index (χ2v) is 5.04. The molecule has 20 heavy (non-hydrogen) atoms. The molecule has 0 spiro atoms. The number of piperidine rings is 1. The van der Waals surface area contributed by atoms with Crippen LogP contribution in [0.5, 0.6) is 5.75 Å². The molecular formula is C15H19F3NO. The third kappa shape index (κ3) is 4.13. The molecule has 5 heteroatoms. The molecule has 2 rings (SSSR count). The van der Waals surface area contributed by atoms with Crippen LogP contribution in [0.4, 0.5) is 13.2 Å². The number of benzene rings is 1. The molecule has 0 bridgehead atoms. The standard InChI is InChI=1S/C15H19F3NO/c1-2-8-19-9-6-13(7-10-19)20-14-5-3-4-12(11-14)15(16,17)18/h3-5,11,13H,1-2,6-10H2. The number of hydrogen-bond acceptors (Lipinski definition) is 2. The third-order valence-corrected chi connectivity index (χ3v) is 3.47. The Morgan fingerprint density at radius 1 is 1.25 bits per heavy atom. The average molecular weight is 286 g/mol. The number of rotatable bonds is 4. The predicted octanol–water partition coefficient (Wildman–Crippen LogP) is 3.77. The van der Waals surface area contributed by atoms with Gasteiger partial charge < -0.3 is 9.64 Å². The Hall–Kier alpha value is -1.23. The number of nitrogens with zero attached hydrogens (tertiary/aromatic N) is 1. The summed E-state index contributed by atoms with van der Waals surface area (Å²) in [5, 5.41) is 0. The van der Waals surface area contributed by atoms with Gasteiger partial charge in [-0.25, -0.2) is 0 Å². The van der Waals surface area contributed by atoms with Gasteiger partial charge in [-0.15, -0.1) is 0 Å². The molecule has 0 atom stereocenters. The normalized spacial score (nSPS) is 18.2. The van der Waals surface area contributed by atoms with Crippen LogP contribution in [-0.2, 0) is 6.18 Å². The van der Waals surface area contributed by atoms with Gasteiger partial charge in [0, 0.05) is 13.1 Å². The summed E-state index contributed by atoms with van der Waals surface area (Å²) in [5.74, 6) is 0.301. The molecule has 111 valence electrons. The van der Waals surface area contributed by atoms with E-state index in [2.05, 4.69) is 11.8 Å². The number of ether oxygens (including phenoxy) is 1. The zero-order valence-corrected chi connectivity index (χ0v) is 11.3. The van der Waals surface area contributed by atoms with Gasteiger partial charge in [0.25, 0.3) is 0 Å². The molecule has 1 aliphatic rings. The average Bonchev–Trinajstić information content (AvgIpc) is 2.41. The van der Waals surface area contributed by atoms with Gasteiger partial charge in [0.15, 0.2) is 0 Å². The van der Waals surface area contributed by atoms with Crippen LogP contribution in [0.3, 0.4) is 0 Å². The maximum Gasteiger partial charge on any atom is 0.416 e. The van der Waals surface area contributed by atoms with Gasteiger partial charge in [0.1, 0.15) is 11.9 Å². The highest BCUT2D eigenvalue weighted by Gasteiger charge is 2.31. The molecule has 0 amide bonds. The van der Waals surface area contributed by atoms with Gasteiger partial charge in [0.2, 0.25) is 0 Å². The van der Waals surface area contributed by atoms with Crippen LogP contribution < -0.4 is 4.74 Å². The first-order valence-electron chi connectivity index (χ1n) is 6.84. The van der Waals surface area contributed by atoms with Crippen molar-refractivity contribution in [1.82, 2.24) is 4.90 Å². The summed E-state index contributed by atoms with van der Waals surface area (Å²) >= 11 is 0. The number of alkyl halides is 3. The quantitative estimate of drug-likeness (QED) is 0.835. The molecule has 0 saturated carbocycles. The predicted molar refractivity (Wildman–Crippen MR) is 71.5 cm³/mol. The zero-order valence-electron chi connectivity index (χ0n) is 11.3. The fraction of sp³-hybridized carbons (Fsp3) is 0.533. The Bertz CT molecular complexity index is 425. The van der Waals surface area contributed by atoms with E-state index >= 15 is 0 Å². The van der Waals surface area contributed by atoms with Gasteiger partial charge in [-0.1, -0.05) is 13.0 Å². The lowest BCUT2D eigenvalue weighted by atomic mass is 10.1. The van der Waals surface area contributed by atoms with Crippen LogP contribution >= 0.6 is 0 Å². The highest BCUT2D eigenvalue weighted by atomic mass is 19.4. The van der Waals surface area contributed by atoms with Crippen LogP contribution in [0.25, 0.3) is 0 Å². The van der Waals surface area contributed by atoms with E-state index in [1.54, 1.807) is 6.07 Å². The molecule has 0 aromatic heterocycles. The molecule has 0 aliphatic carbocycles. The van der Waals surface area contributed by atoms with E-state index < -0.39 is 11.7 Å². The van der Waals surface area contributed by atoms with E-state index in [0.717, 1.165) is 51.0 Å². The van der Waals surface area contributed by atoms with Gasteiger partial charge >= 0.3 is 6.18 Å². The molecule has 2 nitrogen and oxygen atoms in total. The number of halogens is 3. The summed E-state index contributed by atoms with van der Waals surface area (Å²) in [4.78, 5) is 2.30. The summed E-state index contributed by atoms with van der Waals surface area (Å²) in [6.07, 6.45) is -1.76. The summed E-state index contributed by atoms with van der Waals surface area (Å²) < 4.78 is 43.5. The second-order valence-electron chi connectivity index (χ2n) is 5.04. The van der Waals surface area contributed by atoms with Crippen LogP contribution in [0.1, 0.15) is 24.8 Å². The van der Waals surface area contributed by atoms with Crippen molar-refractivity contribution in [3.8, 4) is 5.75 Å². The second kappa shape index (κ2) is 6.48. The van der Waals surface area contributed by atoms with Crippen molar-refractivity contribution in [2.45, 2.75) is 31.5 Å². The van der Waals surface area contributed by atoms with Gasteiger partial charge in [-0.3, -0.25) is 0 Å². The Morgan fingerprint density at radius 3 is 2.55 bits per heavy atom. The van der Waals surface area contributed by atoms with E-state index in [9.17, 15) is 13.2 Å². The third-order valence-electron chi connectivity index (χ3n) is 3.47. The van der Waals surface area contributed by atoms with Crippen molar-refractivity contribution in [1.29, 1.82) is 0 Å². The van der Waals surface area contributed by atoms with Crippen molar-refractivity contribution in [3.05, 3.63) is 36.8 Å². The maximum atomic E-state index is 12.6. The summed E-state index contributed by atoms with van der Waals surface area (Å²) in [6.45, 7) is 6.62. The molecule has 1 fully saturated rings. The van der Waals surface area contributed by atoms with Crippen LogP contribution in [0, 0.1) is 6.92 Å². The lowest BCUT2D eigenvalue weighted by Gasteiger charge is -2.31. The Balaban J connectivity index is 1.91. The van der Waals surface area contributed by atoms with Crippen molar-refractivity contribution >= 4 is 0 Å². The lowest BCUT2D eigenvalue weighted by molar-refractivity contribution is -0.137. The first-order valence-corrected chi connectivity index (χ1v) is 6.84. The molecule has 0 unspecified atom stereocenters. The van der Waals surface area contributed by atoms with Crippen molar-refractivity contribution in [2.24, 2.45) is 0 Å². The monoisotopic (exact) mass is 286 g/mol. The van der Waals surface area contributed by atoms with Crippen molar-refractivity contribution in [2.75, 3.05) is 19.6 Å². The van der Waals surface area contributed by atoms with Gasteiger partial charge in [-0.05, 0) is 44.0 Å². The maximum absolute atomic E-state index is 12.6. The van der Waals surface area contributed by atoms with E-state index in [0.29, 0.717) is 5.75 Å². The zero-order chi connectivity index (χ0) is 14.6. The SMILES string of the molecule is [CH2]CCN1CCC(Oc2cccc(C(F)(F)F)c2)CC1. The Kier molecular flexibility index (Phi) is 4.91. The summed E-state index contributed by atoms with van der Waals surface area (Å²) in [7, 11) is 0. The van der Waals surface area contributed by atoms with Crippen LogP contribution in [0.15, 0.2) is 24.3 Å². The smallest absolute Gasteiger partial charge is 0.416 e. The van der Waals surface area contributed by atoms with Crippen LogP contribution in [-0.4, -0.2) is 30.6 Å². The molecule has 1 aromatic rings. The topological polar surface area (TPSA) is 12.5 Å². The minimum Gasteiger partial charge on any atom is -0.490 e. The summed E-state index contributed by atoms with van der Waals surface area (Å²) in [6, 6.07) is 5.10. The van der Waals surface area contributed by atoms with E-state index in [4.69, 9.17) is 4.74 Å². The van der Waals surface area contributed by atoms with Gasteiger partial charge in [-0.2, -0.15) is 13.2 Å². The molecular weight excluding hydrogens is 267 g/mol. The highest BCUT2D eigenvalue weighted by Crippen LogP contribution is 2.32. The van der Waals surface area contributed by atoms with E-state index in [1.807, 2.05) is 0 Å². The highest BCUT2D eigenvalue weighted by molar-refractivity contribution is 5.30. The largest absolute Gasteiger partial charge is 0.490 e. The first-order chi connectivity index (χ1) is 9.49. The molecule has 0 N–H and O–H groups in total. The van der Waals surface area contributed by atoms with E-state index in [1.165, 1.54) is 6.07 Å². The minimum absolute atomic E-state index is 0.000418. The lowest BCUT2D eigenvalue weighted by Crippen LogP contribution is -2.38. The fourth-order valence-corrected chi connectivity index (χ4v) is 2.41. The molecule has 1 aromatic carbocycles. The molecule has 1 aliphatic heterocycles. The fourth-order valence-electron chi connectivity index (χ4n) is 2.41. The number of hydrogen-bond donors (Lipinski definition) is 0. The van der Waals surface area contributed by atoms with Gasteiger partial charge in [0.05, 0.1) is 5.56 Å².